The third-order valence-electron chi connectivity index (χ3n) is 6.17. The summed E-state index contributed by atoms with van der Waals surface area (Å²) in [5, 5.41) is 0.0641. The molecule has 0 spiro atoms. The van der Waals surface area contributed by atoms with E-state index in [2.05, 4.69) is 20.8 Å². The third kappa shape index (κ3) is 4.27. The van der Waals surface area contributed by atoms with Gasteiger partial charge in [-0.1, -0.05) is 32.4 Å². The summed E-state index contributed by atoms with van der Waals surface area (Å²) >= 11 is 6.29. The standard InChI is InChI=1S/C19H30BClF2O3Si/c1-17(2,3)27(8,9)24-11-12-14(21)10-13(16(23)15(12)22)20-25-18(4,5)19(6,7)26-20/h10H,11H2,1-9H3. The lowest BCUT2D eigenvalue weighted by molar-refractivity contribution is 0.00578. The Morgan fingerprint density at radius 1 is 1.07 bits per heavy atom. The quantitative estimate of drug-likeness (QED) is 0.481. The van der Waals surface area contributed by atoms with Crippen molar-refractivity contribution in [1.29, 1.82) is 0 Å². The Bertz CT molecular complexity index is 717. The molecule has 1 saturated heterocycles. The lowest BCUT2D eigenvalue weighted by atomic mass is 9.78. The van der Waals surface area contributed by atoms with Gasteiger partial charge in [0.2, 0.25) is 0 Å². The summed E-state index contributed by atoms with van der Waals surface area (Å²) in [6, 6.07) is 1.38. The van der Waals surface area contributed by atoms with Gasteiger partial charge in [0.05, 0.1) is 17.8 Å². The molecule has 0 bridgehead atoms. The number of halogens is 3. The molecule has 152 valence electrons. The van der Waals surface area contributed by atoms with Crippen molar-refractivity contribution in [3.05, 3.63) is 28.3 Å². The molecule has 1 aromatic rings. The Morgan fingerprint density at radius 3 is 2.00 bits per heavy atom. The predicted molar refractivity (Wildman–Crippen MR) is 109 cm³/mol. The first-order chi connectivity index (χ1) is 12.0. The average molecular weight is 419 g/mol. The van der Waals surface area contributed by atoms with Crippen LogP contribution in [0.5, 0.6) is 0 Å². The maximum absolute atomic E-state index is 14.8. The van der Waals surface area contributed by atoms with Crippen LogP contribution in [0, 0.1) is 11.6 Å². The second-order valence-electron chi connectivity index (χ2n) is 9.69. The average Bonchev–Trinajstić information content (AvgIpc) is 2.69. The van der Waals surface area contributed by atoms with E-state index >= 15 is 0 Å². The monoisotopic (exact) mass is 418 g/mol. The van der Waals surface area contributed by atoms with Gasteiger partial charge in [-0.05, 0) is 51.9 Å². The number of hydrogen-bond acceptors (Lipinski definition) is 3. The minimum absolute atomic E-state index is 0.0271. The van der Waals surface area contributed by atoms with Crippen LogP contribution in [0.2, 0.25) is 23.2 Å². The van der Waals surface area contributed by atoms with Gasteiger partial charge in [0, 0.05) is 16.0 Å². The molecule has 0 amide bonds. The molecule has 0 aliphatic carbocycles. The Morgan fingerprint density at radius 2 is 1.56 bits per heavy atom. The fraction of sp³-hybridized carbons (Fsp3) is 0.684. The molecule has 0 unspecified atom stereocenters. The molecule has 8 heteroatoms. The molecule has 1 aliphatic heterocycles. The highest BCUT2D eigenvalue weighted by Gasteiger charge is 2.53. The van der Waals surface area contributed by atoms with Gasteiger partial charge < -0.3 is 13.7 Å². The fourth-order valence-corrected chi connectivity index (χ4v) is 3.59. The van der Waals surface area contributed by atoms with E-state index in [4.69, 9.17) is 25.3 Å². The van der Waals surface area contributed by atoms with Crippen molar-refractivity contribution >= 4 is 32.5 Å². The highest BCUT2D eigenvalue weighted by atomic mass is 35.5. The number of hydrogen-bond donors (Lipinski definition) is 0. The van der Waals surface area contributed by atoms with Crippen molar-refractivity contribution < 1.29 is 22.5 Å². The van der Waals surface area contributed by atoms with Gasteiger partial charge in [-0.2, -0.15) is 0 Å². The summed E-state index contributed by atoms with van der Waals surface area (Å²) in [5.41, 5.74) is -1.32. The fourth-order valence-electron chi connectivity index (χ4n) is 2.39. The third-order valence-corrected chi connectivity index (χ3v) is 11.0. The normalized spacial score (nSPS) is 19.6. The summed E-state index contributed by atoms with van der Waals surface area (Å²) < 4.78 is 47.3. The van der Waals surface area contributed by atoms with Crippen molar-refractivity contribution in [2.75, 3.05) is 0 Å². The van der Waals surface area contributed by atoms with Crippen LogP contribution < -0.4 is 5.46 Å². The molecule has 1 fully saturated rings. The van der Waals surface area contributed by atoms with Crippen LogP contribution in [0.4, 0.5) is 8.78 Å². The summed E-state index contributed by atoms with van der Waals surface area (Å²) in [5.74, 6) is -2.02. The van der Waals surface area contributed by atoms with Crippen molar-refractivity contribution in [3.8, 4) is 0 Å². The van der Waals surface area contributed by atoms with Gasteiger partial charge in [-0.15, -0.1) is 0 Å². The van der Waals surface area contributed by atoms with E-state index in [0.717, 1.165) is 0 Å². The molecule has 1 heterocycles. The van der Waals surface area contributed by atoms with E-state index < -0.39 is 38.3 Å². The van der Waals surface area contributed by atoms with Gasteiger partial charge in [0.15, 0.2) is 20.0 Å². The van der Waals surface area contributed by atoms with E-state index in [1.807, 2.05) is 40.8 Å². The van der Waals surface area contributed by atoms with Crippen molar-refractivity contribution in [2.24, 2.45) is 0 Å². The minimum atomic E-state index is -2.13. The molecular formula is C19H30BClF2O3Si. The second kappa shape index (κ2) is 7.10. The van der Waals surface area contributed by atoms with Crippen LogP contribution in [0.25, 0.3) is 0 Å². The van der Waals surface area contributed by atoms with Crippen LogP contribution in [0.15, 0.2) is 6.07 Å². The smallest absolute Gasteiger partial charge is 0.412 e. The Balaban J connectivity index is 2.32. The van der Waals surface area contributed by atoms with E-state index in [0.29, 0.717) is 0 Å². The Labute approximate surface area is 168 Å². The van der Waals surface area contributed by atoms with Crippen molar-refractivity contribution in [3.63, 3.8) is 0 Å². The van der Waals surface area contributed by atoms with E-state index in [-0.39, 0.29) is 27.7 Å². The van der Waals surface area contributed by atoms with Crippen molar-refractivity contribution in [2.45, 2.75) is 84.4 Å². The van der Waals surface area contributed by atoms with Crippen molar-refractivity contribution in [1.82, 2.24) is 0 Å². The van der Waals surface area contributed by atoms with E-state index in [1.54, 1.807) is 0 Å². The zero-order chi connectivity index (χ0) is 21.0. The SMILES string of the molecule is CC1(C)OB(c2cc(Cl)c(CO[Si](C)(C)C(C)(C)C)c(F)c2F)OC1(C)C. The first kappa shape index (κ1) is 22.8. The van der Waals surface area contributed by atoms with E-state index in [1.165, 1.54) is 6.07 Å². The van der Waals surface area contributed by atoms with Crippen LogP contribution in [-0.2, 0) is 20.3 Å². The second-order valence-corrected chi connectivity index (χ2v) is 14.9. The molecule has 0 atom stereocenters. The number of rotatable bonds is 4. The highest BCUT2D eigenvalue weighted by Crippen LogP contribution is 2.39. The lowest BCUT2D eigenvalue weighted by Gasteiger charge is -2.36. The zero-order valence-electron chi connectivity index (χ0n) is 17.7. The van der Waals surface area contributed by atoms with Gasteiger partial charge >= 0.3 is 7.12 Å². The van der Waals surface area contributed by atoms with E-state index in [9.17, 15) is 8.78 Å². The first-order valence-electron chi connectivity index (χ1n) is 9.16. The molecule has 1 aliphatic rings. The maximum Gasteiger partial charge on any atom is 0.498 e. The molecule has 0 N–H and O–H groups in total. The molecular weight excluding hydrogens is 389 g/mol. The zero-order valence-corrected chi connectivity index (χ0v) is 19.5. The first-order valence-corrected chi connectivity index (χ1v) is 12.4. The van der Waals surface area contributed by atoms with Gasteiger partial charge in [0.25, 0.3) is 0 Å². The predicted octanol–water partition coefficient (Wildman–Crippen LogP) is 5.44. The summed E-state index contributed by atoms with van der Waals surface area (Å²) in [6.07, 6.45) is 0. The molecule has 3 nitrogen and oxygen atoms in total. The van der Waals surface area contributed by atoms with Crippen LogP contribution in [0.3, 0.4) is 0 Å². The largest absolute Gasteiger partial charge is 0.498 e. The Hall–Kier alpha value is -0.468. The summed E-state index contributed by atoms with van der Waals surface area (Å²) in [7, 11) is -3.14. The van der Waals surface area contributed by atoms with Gasteiger partial charge in [0.1, 0.15) is 0 Å². The topological polar surface area (TPSA) is 27.7 Å². The Kier molecular flexibility index (Phi) is 6.00. The summed E-state index contributed by atoms with van der Waals surface area (Å²) in [4.78, 5) is 0. The van der Waals surface area contributed by atoms with Crippen LogP contribution in [0.1, 0.15) is 54.0 Å². The number of benzene rings is 1. The molecule has 0 radical (unpaired) electrons. The maximum atomic E-state index is 14.8. The molecule has 2 rings (SSSR count). The van der Waals surface area contributed by atoms with Crippen LogP contribution in [-0.4, -0.2) is 26.6 Å². The van der Waals surface area contributed by atoms with Crippen LogP contribution >= 0.6 is 11.6 Å². The van der Waals surface area contributed by atoms with Gasteiger partial charge in [-0.3, -0.25) is 0 Å². The molecule has 1 aromatic carbocycles. The molecule has 27 heavy (non-hydrogen) atoms. The highest BCUT2D eigenvalue weighted by molar-refractivity contribution is 6.74. The summed E-state index contributed by atoms with van der Waals surface area (Å²) in [6.45, 7) is 17.7. The van der Waals surface area contributed by atoms with Gasteiger partial charge in [-0.25, -0.2) is 8.78 Å². The molecule has 0 saturated carbocycles. The molecule has 0 aromatic heterocycles. The lowest BCUT2D eigenvalue weighted by Crippen LogP contribution is -2.41. The minimum Gasteiger partial charge on any atom is -0.412 e.